The zero-order valence-electron chi connectivity index (χ0n) is 10.3. The number of ether oxygens (including phenoxy) is 1. The molecule has 6 heteroatoms. The third-order valence-electron chi connectivity index (χ3n) is 3.08. The molecule has 0 bridgehead atoms. The van der Waals surface area contributed by atoms with Crippen LogP contribution in [0.4, 0.5) is 9.18 Å². The van der Waals surface area contributed by atoms with Crippen molar-refractivity contribution in [3.05, 3.63) is 35.9 Å². The Morgan fingerprint density at radius 1 is 1.32 bits per heavy atom. The number of hydrogen-bond acceptors (Lipinski definition) is 3. The summed E-state index contributed by atoms with van der Waals surface area (Å²) in [5, 5.41) is 0. The number of amides is 2. The molecule has 2 amide bonds. The molecule has 1 aliphatic heterocycles. The zero-order valence-corrected chi connectivity index (χ0v) is 10.3. The maximum absolute atomic E-state index is 13.5. The predicted molar refractivity (Wildman–Crippen MR) is 65.8 cm³/mol. The largest absolute Gasteiger partial charge is 0.445 e. The number of nitrogens with two attached hydrogens (primary N) is 1. The molecule has 1 aromatic rings. The topological polar surface area (TPSA) is 72.6 Å². The first kappa shape index (κ1) is 13.3. The SMILES string of the molecule is NC(=O)C1CN(C(=O)OCc2ccccc2)CC1F. The fraction of sp³-hybridized carbons (Fsp3) is 0.385. The molecule has 2 rings (SSSR count). The maximum atomic E-state index is 13.5. The third-order valence-corrected chi connectivity index (χ3v) is 3.08. The Bertz CT molecular complexity index is 466. The van der Waals surface area contributed by atoms with Crippen LogP contribution in [0.25, 0.3) is 0 Å². The molecule has 0 aliphatic carbocycles. The summed E-state index contributed by atoms with van der Waals surface area (Å²) in [5.41, 5.74) is 5.90. The quantitative estimate of drug-likeness (QED) is 0.889. The summed E-state index contributed by atoms with van der Waals surface area (Å²) < 4.78 is 18.5. The van der Waals surface area contributed by atoms with Gasteiger partial charge in [0.25, 0.3) is 0 Å². The highest BCUT2D eigenvalue weighted by Crippen LogP contribution is 2.20. The van der Waals surface area contributed by atoms with E-state index in [1.165, 1.54) is 4.90 Å². The van der Waals surface area contributed by atoms with Gasteiger partial charge in [0.05, 0.1) is 12.5 Å². The van der Waals surface area contributed by atoms with E-state index in [1.807, 2.05) is 30.3 Å². The lowest BCUT2D eigenvalue weighted by molar-refractivity contribution is -0.122. The summed E-state index contributed by atoms with van der Waals surface area (Å²) >= 11 is 0. The molecule has 19 heavy (non-hydrogen) atoms. The van der Waals surface area contributed by atoms with Crippen LogP contribution in [-0.4, -0.2) is 36.2 Å². The van der Waals surface area contributed by atoms with E-state index in [1.54, 1.807) is 0 Å². The van der Waals surface area contributed by atoms with Crippen LogP contribution in [0.2, 0.25) is 0 Å². The van der Waals surface area contributed by atoms with Crippen molar-refractivity contribution >= 4 is 12.0 Å². The van der Waals surface area contributed by atoms with E-state index < -0.39 is 24.1 Å². The predicted octanol–water partition coefficient (Wildman–Crippen LogP) is 1.08. The maximum Gasteiger partial charge on any atom is 0.410 e. The van der Waals surface area contributed by atoms with Gasteiger partial charge in [-0.1, -0.05) is 30.3 Å². The highest BCUT2D eigenvalue weighted by Gasteiger charge is 2.39. The van der Waals surface area contributed by atoms with E-state index in [4.69, 9.17) is 10.5 Å². The number of rotatable bonds is 3. The molecule has 1 fully saturated rings. The van der Waals surface area contributed by atoms with Crippen LogP contribution in [-0.2, 0) is 16.1 Å². The Labute approximate surface area is 110 Å². The monoisotopic (exact) mass is 266 g/mol. The summed E-state index contributed by atoms with van der Waals surface area (Å²) in [6, 6.07) is 9.17. The van der Waals surface area contributed by atoms with Crippen molar-refractivity contribution in [2.45, 2.75) is 12.8 Å². The van der Waals surface area contributed by atoms with E-state index >= 15 is 0 Å². The molecule has 1 saturated heterocycles. The van der Waals surface area contributed by atoms with Gasteiger partial charge in [-0.25, -0.2) is 9.18 Å². The Morgan fingerprint density at radius 3 is 2.58 bits per heavy atom. The van der Waals surface area contributed by atoms with Crippen molar-refractivity contribution in [1.82, 2.24) is 4.90 Å². The summed E-state index contributed by atoms with van der Waals surface area (Å²) in [7, 11) is 0. The van der Waals surface area contributed by atoms with Gasteiger partial charge in [0.1, 0.15) is 12.8 Å². The minimum Gasteiger partial charge on any atom is -0.445 e. The first-order chi connectivity index (χ1) is 9.08. The Morgan fingerprint density at radius 2 is 2.00 bits per heavy atom. The molecule has 0 saturated carbocycles. The highest BCUT2D eigenvalue weighted by molar-refractivity contribution is 5.79. The first-order valence-corrected chi connectivity index (χ1v) is 5.97. The van der Waals surface area contributed by atoms with Gasteiger partial charge in [-0.2, -0.15) is 0 Å². The number of carbonyl (C=O) groups excluding carboxylic acids is 2. The van der Waals surface area contributed by atoms with Crippen LogP contribution in [0.5, 0.6) is 0 Å². The molecule has 2 atom stereocenters. The lowest BCUT2D eigenvalue weighted by atomic mass is 10.1. The summed E-state index contributed by atoms with van der Waals surface area (Å²) in [5.74, 6) is -1.67. The van der Waals surface area contributed by atoms with Gasteiger partial charge in [-0.05, 0) is 5.56 Å². The second-order valence-corrected chi connectivity index (χ2v) is 4.47. The van der Waals surface area contributed by atoms with Crippen molar-refractivity contribution in [3.8, 4) is 0 Å². The molecule has 0 spiro atoms. The zero-order chi connectivity index (χ0) is 13.8. The molecule has 1 aromatic carbocycles. The van der Waals surface area contributed by atoms with Gasteiger partial charge in [-0.15, -0.1) is 0 Å². The number of halogens is 1. The van der Waals surface area contributed by atoms with Crippen molar-refractivity contribution in [3.63, 3.8) is 0 Å². The minimum atomic E-state index is -1.42. The van der Waals surface area contributed by atoms with Crippen LogP contribution >= 0.6 is 0 Å². The first-order valence-electron chi connectivity index (χ1n) is 5.97. The third kappa shape index (κ3) is 3.21. The second kappa shape index (κ2) is 5.69. The van der Waals surface area contributed by atoms with Gasteiger partial charge >= 0.3 is 6.09 Å². The molecular formula is C13H15FN2O3. The van der Waals surface area contributed by atoms with Crippen molar-refractivity contribution in [2.24, 2.45) is 11.7 Å². The van der Waals surface area contributed by atoms with E-state index in [-0.39, 0.29) is 19.7 Å². The Hall–Kier alpha value is -2.11. The summed E-state index contributed by atoms with van der Waals surface area (Å²) in [6.45, 7) is -0.0558. The van der Waals surface area contributed by atoms with Gasteiger partial charge in [0.15, 0.2) is 0 Å². The summed E-state index contributed by atoms with van der Waals surface area (Å²) in [6.07, 6.45) is -2.04. The Kier molecular flexibility index (Phi) is 3.99. The van der Waals surface area contributed by atoms with E-state index in [9.17, 15) is 14.0 Å². The average Bonchev–Trinajstić information content (AvgIpc) is 2.79. The smallest absolute Gasteiger partial charge is 0.410 e. The number of primary amides is 1. The molecule has 1 aliphatic rings. The van der Waals surface area contributed by atoms with Crippen molar-refractivity contribution < 1.29 is 18.7 Å². The van der Waals surface area contributed by atoms with Crippen LogP contribution < -0.4 is 5.73 Å². The van der Waals surface area contributed by atoms with Crippen LogP contribution in [0.15, 0.2) is 30.3 Å². The number of benzene rings is 1. The van der Waals surface area contributed by atoms with Crippen molar-refractivity contribution in [2.75, 3.05) is 13.1 Å². The molecule has 2 unspecified atom stereocenters. The number of carbonyl (C=O) groups is 2. The highest BCUT2D eigenvalue weighted by atomic mass is 19.1. The van der Waals surface area contributed by atoms with Gasteiger partial charge < -0.3 is 15.4 Å². The lowest BCUT2D eigenvalue weighted by Crippen LogP contribution is -2.32. The van der Waals surface area contributed by atoms with Crippen LogP contribution in [0.1, 0.15) is 5.56 Å². The molecule has 5 nitrogen and oxygen atoms in total. The number of alkyl halides is 1. The van der Waals surface area contributed by atoms with E-state index in [0.29, 0.717) is 0 Å². The normalized spacial score (nSPS) is 22.3. The minimum absolute atomic E-state index is 0.0237. The molecular weight excluding hydrogens is 251 g/mol. The number of likely N-dealkylation sites (tertiary alicyclic amines) is 1. The van der Waals surface area contributed by atoms with Gasteiger partial charge in [-0.3, -0.25) is 4.79 Å². The lowest BCUT2D eigenvalue weighted by Gasteiger charge is -2.15. The standard InChI is InChI=1S/C13H15FN2O3/c14-11-7-16(6-10(11)12(15)17)13(18)19-8-9-4-2-1-3-5-9/h1-5,10-11H,6-8H2,(H2,15,17). The Balaban J connectivity index is 1.86. The van der Waals surface area contributed by atoms with Crippen LogP contribution in [0, 0.1) is 5.92 Å². The van der Waals surface area contributed by atoms with Gasteiger partial charge in [0.2, 0.25) is 5.91 Å². The average molecular weight is 266 g/mol. The molecule has 2 N–H and O–H groups in total. The van der Waals surface area contributed by atoms with Crippen LogP contribution in [0.3, 0.4) is 0 Å². The molecule has 102 valence electrons. The fourth-order valence-electron chi connectivity index (χ4n) is 1.99. The fourth-order valence-corrected chi connectivity index (χ4v) is 1.99. The molecule has 0 radical (unpaired) electrons. The summed E-state index contributed by atoms with van der Waals surface area (Å²) in [4.78, 5) is 23.8. The van der Waals surface area contributed by atoms with E-state index in [2.05, 4.69) is 0 Å². The van der Waals surface area contributed by atoms with E-state index in [0.717, 1.165) is 5.56 Å². The number of hydrogen-bond donors (Lipinski definition) is 1. The molecule has 0 aromatic heterocycles. The second-order valence-electron chi connectivity index (χ2n) is 4.47. The number of nitrogens with zero attached hydrogens (tertiary/aromatic N) is 1. The van der Waals surface area contributed by atoms with Crippen molar-refractivity contribution in [1.29, 1.82) is 0 Å². The van der Waals surface area contributed by atoms with Gasteiger partial charge in [0, 0.05) is 6.54 Å². The molecule has 1 heterocycles.